The van der Waals surface area contributed by atoms with Gasteiger partial charge in [-0.3, -0.25) is 4.41 Å². The Morgan fingerprint density at radius 3 is 1.10 bits per heavy atom. The molecular formula is C12H31Cl2N4PSi. The first-order valence-corrected chi connectivity index (χ1v) is 13.2. The molecule has 20 heavy (non-hydrogen) atoms. The normalized spacial score (nSPS) is 13.0. The van der Waals surface area contributed by atoms with Crippen molar-refractivity contribution in [3.63, 3.8) is 0 Å². The van der Waals surface area contributed by atoms with Gasteiger partial charge in [-0.2, -0.15) is 0 Å². The van der Waals surface area contributed by atoms with E-state index in [-0.39, 0.29) is 0 Å². The summed E-state index contributed by atoms with van der Waals surface area (Å²) in [5, 5.41) is 0. The Hall–Kier alpha value is 0.907. The Morgan fingerprint density at radius 2 is 0.950 bits per heavy atom. The Balaban J connectivity index is 6.15. The molecule has 0 atom stereocenters. The Kier molecular flexibility index (Phi) is 11.1. The summed E-state index contributed by atoms with van der Waals surface area (Å²) in [6, 6.07) is 0. The molecule has 0 aromatic rings. The molecule has 122 valence electrons. The monoisotopic (exact) mass is 360 g/mol. The van der Waals surface area contributed by atoms with Gasteiger partial charge in [0.15, 0.2) is 7.51 Å². The number of rotatable bonds is 10. The molecular weight excluding hydrogens is 330 g/mol. The molecule has 0 aromatic heterocycles. The lowest BCUT2D eigenvalue weighted by Crippen LogP contribution is -2.41. The van der Waals surface area contributed by atoms with Gasteiger partial charge < -0.3 is 0 Å². The highest BCUT2D eigenvalue weighted by molar-refractivity contribution is 7.62. The third-order valence-electron chi connectivity index (χ3n) is 3.57. The van der Waals surface area contributed by atoms with Gasteiger partial charge in [0.25, 0.3) is 0 Å². The van der Waals surface area contributed by atoms with Gasteiger partial charge in [0.1, 0.15) is 0 Å². The summed E-state index contributed by atoms with van der Waals surface area (Å²) < 4.78 is 12.4. The van der Waals surface area contributed by atoms with E-state index in [0.717, 1.165) is 39.3 Å². The zero-order valence-corrected chi connectivity index (χ0v) is 17.4. The van der Waals surface area contributed by atoms with E-state index in [2.05, 4.69) is 55.6 Å². The SMILES string of the molecule is CCN(CC)P(=N[SiH](Cl)Cl)(N(CC)CC)N(CC)CC. The van der Waals surface area contributed by atoms with Gasteiger partial charge in [-0.05, 0) is 0 Å². The lowest BCUT2D eigenvalue weighted by Gasteiger charge is -2.48. The average molecular weight is 361 g/mol. The van der Waals surface area contributed by atoms with Crippen molar-refractivity contribution in [2.24, 2.45) is 4.41 Å². The summed E-state index contributed by atoms with van der Waals surface area (Å²) >= 11 is 12.4. The first-order valence-electron chi connectivity index (χ1n) is 7.63. The van der Waals surface area contributed by atoms with Crippen LogP contribution in [0.3, 0.4) is 0 Å². The van der Waals surface area contributed by atoms with Crippen LogP contribution < -0.4 is 0 Å². The maximum absolute atomic E-state index is 6.22. The first kappa shape index (κ1) is 20.9. The molecule has 0 unspecified atom stereocenters. The standard InChI is InChI=1S/C12H31Cl2N4PSi/c1-7-16(8-2)19(15-20(13)14,17(9-3)10-4)18(11-5)12-6/h20H,7-12H2,1-6H3. The van der Waals surface area contributed by atoms with E-state index < -0.39 is 15.1 Å². The third kappa shape index (κ3) is 4.70. The largest absolute Gasteiger partial charge is 0.356 e. The van der Waals surface area contributed by atoms with Crippen molar-refractivity contribution in [1.82, 2.24) is 14.0 Å². The molecule has 0 rings (SSSR count). The van der Waals surface area contributed by atoms with Crippen LogP contribution in [0.25, 0.3) is 0 Å². The van der Waals surface area contributed by atoms with Crippen molar-refractivity contribution in [2.75, 3.05) is 39.3 Å². The van der Waals surface area contributed by atoms with Crippen LogP contribution >= 0.6 is 29.7 Å². The minimum atomic E-state index is -2.05. The third-order valence-corrected chi connectivity index (χ3v) is 11.1. The van der Waals surface area contributed by atoms with Gasteiger partial charge in [-0.25, -0.2) is 14.0 Å². The van der Waals surface area contributed by atoms with Crippen LogP contribution in [0.5, 0.6) is 0 Å². The minimum absolute atomic E-state index is 0.968. The van der Waals surface area contributed by atoms with Crippen LogP contribution in [-0.4, -0.2) is 60.9 Å². The quantitative estimate of drug-likeness (QED) is 0.332. The van der Waals surface area contributed by atoms with Crippen molar-refractivity contribution < 1.29 is 0 Å². The van der Waals surface area contributed by atoms with Gasteiger partial charge in [0, 0.05) is 39.3 Å². The molecule has 0 saturated heterocycles. The van der Waals surface area contributed by atoms with Crippen LogP contribution in [0.15, 0.2) is 4.41 Å². The topological polar surface area (TPSA) is 22.1 Å². The molecule has 0 aliphatic heterocycles. The number of nitrogens with zero attached hydrogens (tertiary/aromatic N) is 4. The molecule has 0 amide bonds. The Morgan fingerprint density at radius 1 is 0.700 bits per heavy atom. The van der Waals surface area contributed by atoms with Gasteiger partial charge >= 0.3 is 7.58 Å². The van der Waals surface area contributed by atoms with E-state index in [4.69, 9.17) is 26.6 Å². The highest BCUT2D eigenvalue weighted by Gasteiger charge is 2.36. The van der Waals surface area contributed by atoms with Crippen LogP contribution in [0, 0.1) is 0 Å². The van der Waals surface area contributed by atoms with Crippen LogP contribution in [0.2, 0.25) is 0 Å². The molecule has 0 aliphatic rings. The fraction of sp³-hybridized carbons (Fsp3) is 1.00. The first-order chi connectivity index (χ1) is 9.47. The van der Waals surface area contributed by atoms with Gasteiger partial charge in [-0.15, -0.1) is 22.2 Å². The van der Waals surface area contributed by atoms with E-state index >= 15 is 0 Å². The molecule has 0 fully saturated rings. The molecule has 0 heterocycles. The number of hydrogen-bond donors (Lipinski definition) is 0. The summed E-state index contributed by atoms with van der Waals surface area (Å²) in [6.07, 6.45) is 0. The summed E-state index contributed by atoms with van der Waals surface area (Å²) in [6.45, 7) is 19.0. The smallest absolute Gasteiger partial charge is 0.267 e. The predicted molar refractivity (Wildman–Crippen MR) is 97.0 cm³/mol. The van der Waals surface area contributed by atoms with E-state index in [1.54, 1.807) is 0 Å². The molecule has 4 nitrogen and oxygen atoms in total. The van der Waals surface area contributed by atoms with E-state index in [9.17, 15) is 0 Å². The fourth-order valence-corrected chi connectivity index (χ4v) is 10.8. The molecule has 0 saturated carbocycles. The highest BCUT2D eigenvalue weighted by atomic mass is 35.7. The van der Waals surface area contributed by atoms with E-state index in [0.29, 0.717) is 0 Å². The maximum Gasteiger partial charge on any atom is 0.356 e. The lowest BCUT2D eigenvalue weighted by molar-refractivity contribution is 0.341. The minimum Gasteiger partial charge on any atom is -0.267 e. The van der Waals surface area contributed by atoms with E-state index in [1.165, 1.54) is 0 Å². The summed E-state index contributed by atoms with van der Waals surface area (Å²) in [7, 11) is -4.01. The van der Waals surface area contributed by atoms with Crippen molar-refractivity contribution >= 4 is 37.2 Å². The van der Waals surface area contributed by atoms with Gasteiger partial charge in [-0.1, -0.05) is 41.5 Å². The highest BCUT2D eigenvalue weighted by Crippen LogP contribution is 2.59. The van der Waals surface area contributed by atoms with Gasteiger partial charge in [0.05, 0.1) is 0 Å². The zero-order chi connectivity index (χ0) is 15.8. The van der Waals surface area contributed by atoms with Crippen molar-refractivity contribution in [2.45, 2.75) is 41.5 Å². The molecule has 0 spiro atoms. The number of hydrogen-bond acceptors (Lipinski definition) is 1. The molecule has 0 radical (unpaired) electrons. The van der Waals surface area contributed by atoms with Crippen LogP contribution in [-0.2, 0) is 0 Å². The predicted octanol–water partition coefficient (Wildman–Crippen LogP) is 4.15. The molecule has 0 aliphatic carbocycles. The second kappa shape index (κ2) is 10.6. The summed E-state index contributed by atoms with van der Waals surface area (Å²) in [5.41, 5.74) is 0. The average Bonchev–Trinajstić information content (AvgIpc) is 2.41. The van der Waals surface area contributed by atoms with Crippen molar-refractivity contribution in [1.29, 1.82) is 0 Å². The number of halogens is 2. The van der Waals surface area contributed by atoms with E-state index in [1.807, 2.05) is 0 Å². The second-order valence-corrected chi connectivity index (χ2v) is 11.7. The second-order valence-electron chi connectivity index (χ2n) is 4.35. The van der Waals surface area contributed by atoms with Gasteiger partial charge in [0.2, 0.25) is 0 Å². The zero-order valence-electron chi connectivity index (χ0n) is 13.8. The Labute approximate surface area is 136 Å². The molecule has 8 heteroatoms. The van der Waals surface area contributed by atoms with Crippen LogP contribution in [0.4, 0.5) is 0 Å². The lowest BCUT2D eigenvalue weighted by atomic mass is 10.7. The molecule has 0 bridgehead atoms. The maximum atomic E-state index is 6.22. The van der Waals surface area contributed by atoms with Crippen LogP contribution in [0.1, 0.15) is 41.5 Å². The van der Waals surface area contributed by atoms with Crippen molar-refractivity contribution in [3.8, 4) is 0 Å². The Bertz CT molecular complexity index is 268. The molecule has 0 N–H and O–H groups in total. The molecule has 0 aromatic carbocycles. The summed E-state index contributed by atoms with van der Waals surface area (Å²) in [4.78, 5) is 0. The fourth-order valence-electron chi connectivity index (χ4n) is 2.68. The summed E-state index contributed by atoms with van der Waals surface area (Å²) in [5.74, 6) is 0. The van der Waals surface area contributed by atoms with Crippen molar-refractivity contribution in [3.05, 3.63) is 0 Å².